The van der Waals surface area contributed by atoms with E-state index in [1.165, 1.54) is 0 Å². The second-order valence-electron chi connectivity index (χ2n) is 4.72. The molecule has 0 rings (SSSR count). The van der Waals surface area contributed by atoms with Gasteiger partial charge in [-0.1, -0.05) is 6.92 Å². The number of carbonyl (C=O) groups excluding carboxylic acids is 1. The zero-order valence-electron chi connectivity index (χ0n) is 11.4. The van der Waals surface area contributed by atoms with Crippen LogP contribution in [0.4, 0.5) is 0 Å². The van der Waals surface area contributed by atoms with Crippen molar-refractivity contribution in [3.8, 4) is 0 Å². The molecule has 0 aliphatic rings. The summed E-state index contributed by atoms with van der Waals surface area (Å²) in [6.45, 7) is 9.26. The SMILES string of the molecule is CCC(C)N(C)CCNC(=O)C(C)(C)N.Cl.Cl. The van der Waals surface area contributed by atoms with Gasteiger partial charge in [0.1, 0.15) is 0 Å². The van der Waals surface area contributed by atoms with Crippen LogP contribution in [0.3, 0.4) is 0 Å². The summed E-state index contributed by atoms with van der Waals surface area (Å²) in [5.74, 6) is -0.0972. The second-order valence-corrected chi connectivity index (χ2v) is 4.72. The number of rotatable bonds is 6. The minimum atomic E-state index is -0.783. The van der Waals surface area contributed by atoms with Crippen LogP contribution in [-0.2, 0) is 4.79 Å². The van der Waals surface area contributed by atoms with Gasteiger partial charge in [-0.2, -0.15) is 0 Å². The summed E-state index contributed by atoms with van der Waals surface area (Å²) >= 11 is 0. The highest BCUT2D eigenvalue weighted by Crippen LogP contribution is 1.99. The number of likely N-dealkylation sites (N-methyl/N-ethyl adjacent to an activating group) is 1. The van der Waals surface area contributed by atoms with E-state index in [2.05, 4.69) is 31.1 Å². The van der Waals surface area contributed by atoms with Gasteiger partial charge < -0.3 is 16.0 Å². The maximum Gasteiger partial charge on any atom is 0.239 e. The Balaban J connectivity index is -0.000000980. The Morgan fingerprint density at radius 3 is 2.24 bits per heavy atom. The number of amides is 1. The van der Waals surface area contributed by atoms with Gasteiger partial charge in [-0.15, -0.1) is 24.8 Å². The molecule has 4 nitrogen and oxygen atoms in total. The van der Waals surface area contributed by atoms with Crippen LogP contribution in [0.2, 0.25) is 0 Å². The Kier molecular flexibility index (Phi) is 13.0. The highest BCUT2D eigenvalue weighted by atomic mass is 35.5. The molecular weight excluding hydrogens is 261 g/mol. The summed E-state index contributed by atoms with van der Waals surface area (Å²) < 4.78 is 0. The lowest BCUT2D eigenvalue weighted by atomic mass is 10.1. The fourth-order valence-electron chi connectivity index (χ4n) is 1.11. The molecule has 1 amide bonds. The van der Waals surface area contributed by atoms with E-state index in [0.717, 1.165) is 13.0 Å². The number of hydrogen-bond acceptors (Lipinski definition) is 3. The maximum atomic E-state index is 11.4. The monoisotopic (exact) mass is 287 g/mol. The summed E-state index contributed by atoms with van der Waals surface area (Å²) in [5, 5.41) is 2.83. The van der Waals surface area contributed by atoms with Gasteiger partial charge in [0.2, 0.25) is 5.91 Å². The fraction of sp³-hybridized carbons (Fsp3) is 0.909. The van der Waals surface area contributed by atoms with Crippen molar-refractivity contribution < 1.29 is 4.79 Å². The fourth-order valence-corrected chi connectivity index (χ4v) is 1.11. The van der Waals surface area contributed by atoms with E-state index in [9.17, 15) is 4.79 Å². The topological polar surface area (TPSA) is 58.4 Å². The average molecular weight is 288 g/mol. The van der Waals surface area contributed by atoms with Crippen LogP contribution in [0.15, 0.2) is 0 Å². The molecule has 0 saturated carbocycles. The van der Waals surface area contributed by atoms with Crippen molar-refractivity contribution in [3.05, 3.63) is 0 Å². The van der Waals surface area contributed by atoms with Crippen LogP contribution in [0, 0.1) is 0 Å². The predicted molar refractivity (Wildman–Crippen MR) is 78.2 cm³/mol. The van der Waals surface area contributed by atoms with Crippen molar-refractivity contribution in [1.82, 2.24) is 10.2 Å². The molecular formula is C11H27Cl2N3O. The van der Waals surface area contributed by atoms with E-state index in [-0.39, 0.29) is 30.7 Å². The molecule has 0 saturated heterocycles. The van der Waals surface area contributed by atoms with Gasteiger partial charge in [0.15, 0.2) is 0 Å². The van der Waals surface area contributed by atoms with Gasteiger partial charge in [0.05, 0.1) is 5.54 Å². The number of halogens is 2. The molecule has 1 atom stereocenters. The lowest BCUT2D eigenvalue weighted by molar-refractivity contribution is -0.125. The highest BCUT2D eigenvalue weighted by Gasteiger charge is 2.21. The molecule has 0 fully saturated rings. The van der Waals surface area contributed by atoms with Gasteiger partial charge in [0.25, 0.3) is 0 Å². The third kappa shape index (κ3) is 9.65. The normalized spacial score (nSPS) is 12.4. The summed E-state index contributed by atoms with van der Waals surface area (Å²) in [6, 6.07) is 0.549. The largest absolute Gasteiger partial charge is 0.353 e. The van der Waals surface area contributed by atoms with Crippen molar-refractivity contribution in [2.75, 3.05) is 20.1 Å². The molecule has 3 N–H and O–H groups in total. The molecule has 0 aromatic rings. The van der Waals surface area contributed by atoms with E-state index in [0.29, 0.717) is 12.6 Å². The second kappa shape index (κ2) is 9.95. The van der Waals surface area contributed by atoms with Gasteiger partial charge in [0, 0.05) is 19.1 Å². The Labute approximate surface area is 118 Å². The van der Waals surface area contributed by atoms with E-state index < -0.39 is 5.54 Å². The van der Waals surface area contributed by atoms with Gasteiger partial charge in [-0.3, -0.25) is 4.79 Å². The molecule has 0 aliphatic heterocycles. The van der Waals surface area contributed by atoms with Crippen molar-refractivity contribution in [2.24, 2.45) is 5.73 Å². The van der Waals surface area contributed by atoms with E-state index >= 15 is 0 Å². The first-order valence-electron chi connectivity index (χ1n) is 5.56. The van der Waals surface area contributed by atoms with Gasteiger partial charge in [-0.05, 0) is 34.2 Å². The Morgan fingerprint density at radius 1 is 1.41 bits per heavy atom. The standard InChI is InChI=1S/C11H25N3O.2ClH/c1-6-9(2)14(5)8-7-13-10(15)11(3,4)12;;/h9H,6-8,12H2,1-5H3,(H,13,15);2*1H. The molecule has 0 bridgehead atoms. The molecule has 0 aromatic heterocycles. The van der Waals surface area contributed by atoms with Crippen LogP contribution in [0.1, 0.15) is 34.1 Å². The van der Waals surface area contributed by atoms with E-state index in [1.807, 2.05) is 0 Å². The molecule has 0 aromatic carbocycles. The number of carbonyl (C=O) groups is 1. The molecule has 106 valence electrons. The van der Waals surface area contributed by atoms with Crippen LogP contribution in [0.25, 0.3) is 0 Å². The lowest BCUT2D eigenvalue weighted by Crippen LogP contribution is -2.50. The van der Waals surface area contributed by atoms with Crippen molar-refractivity contribution >= 4 is 30.7 Å². The minimum absolute atomic E-state index is 0. The maximum absolute atomic E-state index is 11.4. The Morgan fingerprint density at radius 2 is 1.88 bits per heavy atom. The first-order valence-corrected chi connectivity index (χ1v) is 5.56. The van der Waals surface area contributed by atoms with E-state index in [4.69, 9.17) is 5.73 Å². The van der Waals surface area contributed by atoms with E-state index in [1.54, 1.807) is 13.8 Å². The first-order chi connectivity index (χ1) is 6.79. The van der Waals surface area contributed by atoms with Crippen molar-refractivity contribution in [2.45, 2.75) is 45.7 Å². The molecule has 0 aliphatic carbocycles. The lowest BCUT2D eigenvalue weighted by Gasteiger charge is -2.24. The van der Waals surface area contributed by atoms with Crippen LogP contribution in [0.5, 0.6) is 0 Å². The minimum Gasteiger partial charge on any atom is -0.353 e. The molecule has 6 heteroatoms. The number of nitrogens with one attached hydrogen (secondary N) is 1. The zero-order valence-corrected chi connectivity index (χ0v) is 13.1. The smallest absolute Gasteiger partial charge is 0.239 e. The number of nitrogens with two attached hydrogens (primary N) is 1. The van der Waals surface area contributed by atoms with Crippen molar-refractivity contribution in [3.63, 3.8) is 0 Å². The van der Waals surface area contributed by atoms with Crippen molar-refractivity contribution in [1.29, 1.82) is 0 Å². The summed E-state index contributed by atoms with van der Waals surface area (Å²) in [6.07, 6.45) is 1.12. The Hall–Kier alpha value is -0.0300. The third-order valence-corrected chi connectivity index (χ3v) is 2.68. The van der Waals surface area contributed by atoms with Gasteiger partial charge in [-0.25, -0.2) is 0 Å². The number of nitrogens with zero attached hydrogens (tertiary/aromatic N) is 1. The van der Waals surface area contributed by atoms with Crippen LogP contribution >= 0.6 is 24.8 Å². The quantitative estimate of drug-likeness (QED) is 0.777. The summed E-state index contributed by atoms with van der Waals surface area (Å²) in [7, 11) is 2.06. The average Bonchev–Trinajstić information content (AvgIpc) is 2.14. The number of hydrogen-bond donors (Lipinski definition) is 2. The molecule has 0 spiro atoms. The summed E-state index contributed by atoms with van der Waals surface area (Å²) in [5.41, 5.74) is 4.87. The van der Waals surface area contributed by atoms with Gasteiger partial charge >= 0.3 is 0 Å². The highest BCUT2D eigenvalue weighted by molar-refractivity contribution is 5.85. The van der Waals surface area contributed by atoms with Crippen LogP contribution in [-0.4, -0.2) is 42.5 Å². The summed E-state index contributed by atoms with van der Waals surface area (Å²) in [4.78, 5) is 13.7. The molecule has 0 radical (unpaired) electrons. The Bertz CT molecular complexity index is 207. The molecule has 1 unspecified atom stereocenters. The third-order valence-electron chi connectivity index (χ3n) is 2.68. The molecule has 17 heavy (non-hydrogen) atoms. The molecule has 0 heterocycles. The zero-order chi connectivity index (χ0) is 12.1. The van der Waals surface area contributed by atoms with Crippen LogP contribution < -0.4 is 11.1 Å². The predicted octanol–water partition coefficient (Wildman–Crippen LogP) is 1.41. The first kappa shape index (κ1) is 22.2.